The maximum Gasteiger partial charge on any atom is 0.251 e. The van der Waals surface area contributed by atoms with Crippen molar-refractivity contribution >= 4 is 27.5 Å². The van der Waals surface area contributed by atoms with Crippen molar-refractivity contribution < 1.29 is 31.9 Å². The number of sulfonamides is 1. The first-order valence-electron chi connectivity index (χ1n) is 10.6. The van der Waals surface area contributed by atoms with Gasteiger partial charge in [-0.1, -0.05) is 0 Å². The molecule has 0 N–H and O–H groups in total. The molecule has 3 heterocycles. The minimum absolute atomic E-state index is 0.00508. The van der Waals surface area contributed by atoms with Crippen molar-refractivity contribution in [3.63, 3.8) is 0 Å². The highest BCUT2D eigenvalue weighted by molar-refractivity contribution is 7.89. The molecule has 0 bridgehead atoms. The molecule has 0 radical (unpaired) electrons. The highest BCUT2D eigenvalue weighted by Gasteiger charge is 2.44. The van der Waals surface area contributed by atoms with Gasteiger partial charge in [0.25, 0.3) is 5.91 Å². The quantitative estimate of drug-likeness (QED) is 0.614. The van der Waals surface area contributed by atoms with Crippen LogP contribution in [0.2, 0.25) is 0 Å². The van der Waals surface area contributed by atoms with Crippen molar-refractivity contribution in [2.75, 3.05) is 44.3 Å². The number of imide groups is 1. The normalized spacial score (nSPS) is 22.1. The number of benzene rings is 2. The van der Waals surface area contributed by atoms with Crippen molar-refractivity contribution in [3.8, 4) is 11.5 Å². The second-order valence-corrected chi connectivity index (χ2v) is 9.95. The Morgan fingerprint density at radius 2 is 1.55 bits per heavy atom. The Morgan fingerprint density at radius 1 is 0.879 bits per heavy atom. The molecule has 9 nitrogen and oxygen atoms in total. The van der Waals surface area contributed by atoms with Crippen LogP contribution in [0.5, 0.6) is 11.5 Å². The van der Waals surface area contributed by atoms with Crippen LogP contribution >= 0.6 is 0 Å². The van der Waals surface area contributed by atoms with Crippen LogP contribution in [0.1, 0.15) is 6.42 Å². The van der Waals surface area contributed by atoms with E-state index in [0.29, 0.717) is 43.5 Å². The molecule has 0 spiro atoms. The van der Waals surface area contributed by atoms with E-state index in [4.69, 9.17) is 9.47 Å². The minimum Gasteiger partial charge on any atom is -0.486 e. The first-order chi connectivity index (χ1) is 15.8. The smallest absolute Gasteiger partial charge is 0.251 e. The fourth-order valence-corrected chi connectivity index (χ4v) is 5.79. The number of anilines is 1. The molecule has 2 saturated heterocycles. The van der Waals surface area contributed by atoms with E-state index >= 15 is 0 Å². The van der Waals surface area contributed by atoms with Crippen molar-refractivity contribution in [3.05, 3.63) is 48.3 Å². The third-order valence-electron chi connectivity index (χ3n) is 6.07. The van der Waals surface area contributed by atoms with Gasteiger partial charge in [0.1, 0.15) is 19.0 Å². The van der Waals surface area contributed by atoms with E-state index in [2.05, 4.69) is 0 Å². The van der Waals surface area contributed by atoms with Gasteiger partial charge in [0, 0.05) is 32.2 Å². The zero-order valence-electron chi connectivity index (χ0n) is 17.6. The predicted molar refractivity (Wildman–Crippen MR) is 115 cm³/mol. The minimum atomic E-state index is -3.75. The van der Waals surface area contributed by atoms with Gasteiger partial charge in [-0.05, 0) is 36.4 Å². The summed E-state index contributed by atoms with van der Waals surface area (Å²) in [7, 11) is -3.75. The van der Waals surface area contributed by atoms with Crippen molar-refractivity contribution in [1.29, 1.82) is 0 Å². The summed E-state index contributed by atoms with van der Waals surface area (Å²) in [6, 6.07) is 9.07. The Balaban J connectivity index is 1.27. The van der Waals surface area contributed by atoms with Gasteiger partial charge in [0.15, 0.2) is 11.5 Å². The summed E-state index contributed by atoms with van der Waals surface area (Å²) < 4.78 is 51.8. The maximum absolute atomic E-state index is 13.2. The van der Waals surface area contributed by atoms with Crippen molar-refractivity contribution in [1.82, 2.24) is 9.21 Å². The molecule has 0 aromatic heterocycles. The molecule has 3 aliphatic heterocycles. The monoisotopic (exact) mass is 475 g/mol. The number of hydrogen-bond acceptors (Lipinski definition) is 7. The maximum atomic E-state index is 13.2. The van der Waals surface area contributed by atoms with Gasteiger partial charge >= 0.3 is 0 Å². The Hall–Kier alpha value is -3.02. The summed E-state index contributed by atoms with van der Waals surface area (Å²) >= 11 is 0. The molecule has 174 valence electrons. The lowest BCUT2D eigenvalue weighted by Gasteiger charge is -2.36. The molecule has 11 heteroatoms. The van der Waals surface area contributed by atoms with E-state index < -0.39 is 21.9 Å². The number of carbonyl (C=O) groups is 2. The highest BCUT2D eigenvalue weighted by Crippen LogP contribution is 2.34. The lowest BCUT2D eigenvalue weighted by molar-refractivity contribution is -0.123. The van der Waals surface area contributed by atoms with Gasteiger partial charge in [0.2, 0.25) is 15.9 Å². The lowest BCUT2D eigenvalue weighted by atomic mass is 10.2. The van der Waals surface area contributed by atoms with E-state index in [1.165, 1.54) is 40.7 Å². The average molecular weight is 475 g/mol. The summed E-state index contributed by atoms with van der Waals surface area (Å²) in [5, 5.41) is 0. The van der Waals surface area contributed by atoms with Gasteiger partial charge in [-0.3, -0.25) is 14.5 Å². The molecule has 2 fully saturated rings. The molecule has 2 aromatic rings. The van der Waals surface area contributed by atoms with Crippen LogP contribution in [0, 0.1) is 5.82 Å². The Morgan fingerprint density at radius 3 is 2.24 bits per heavy atom. The predicted octanol–water partition coefficient (Wildman–Crippen LogP) is 1.24. The largest absolute Gasteiger partial charge is 0.486 e. The molecule has 2 amide bonds. The van der Waals surface area contributed by atoms with Gasteiger partial charge in [-0.15, -0.1) is 0 Å². The van der Waals surface area contributed by atoms with Gasteiger partial charge in [-0.25, -0.2) is 17.7 Å². The van der Waals surface area contributed by atoms with E-state index in [1.807, 2.05) is 4.90 Å². The number of halogens is 1. The molecule has 2 aromatic carbocycles. The number of ether oxygens (including phenoxy) is 2. The molecule has 0 aliphatic carbocycles. The van der Waals surface area contributed by atoms with Gasteiger partial charge in [-0.2, -0.15) is 4.31 Å². The molecule has 5 rings (SSSR count). The second kappa shape index (κ2) is 8.40. The summed E-state index contributed by atoms with van der Waals surface area (Å²) in [5.41, 5.74) is 0.328. The molecule has 1 unspecified atom stereocenters. The molecule has 33 heavy (non-hydrogen) atoms. The topological polar surface area (TPSA) is 96.5 Å². The number of carbonyl (C=O) groups excluding carboxylic acids is 2. The number of hydrogen-bond donors (Lipinski definition) is 0. The molecule has 0 saturated carbocycles. The van der Waals surface area contributed by atoms with Crippen LogP contribution in [-0.4, -0.2) is 74.9 Å². The molecule has 3 aliphatic rings. The average Bonchev–Trinajstić information content (AvgIpc) is 3.13. The summed E-state index contributed by atoms with van der Waals surface area (Å²) in [6.45, 7) is 1.77. The van der Waals surface area contributed by atoms with E-state index in [-0.39, 0.29) is 36.2 Å². The van der Waals surface area contributed by atoms with Crippen molar-refractivity contribution in [2.24, 2.45) is 0 Å². The van der Waals surface area contributed by atoms with Gasteiger partial charge < -0.3 is 9.47 Å². The zero-order chi connectivity index (χ0) is 23.2. The number of amides is 2. The highest BCUT2D eigenvalue weighted by atomic mass is 32.2. The number of fused-ring (bicyclic) bond motifs is 1. The van der Waals surface area contributed by atoms with Gasteiger partial charge in [0.05, 0.1) is 23.0 Å². The third kappa shape index (κ3) is 3.96. The number of rotatable bonds is 4. The van der Waals surface area contributed by atoms with Crippen LogP contribution in [0.3, 0.4) is 0 Å². The third-order valence-corrected chi connectivity index (χ3v) is 7.97. The summed E-state index contributed by atoms with van der Waals surface area (Å²) in [5.74, 6) is -0.278. The Bertz CT molecular complexity index is 1200. The molecular weight excluding hydrogens is 453 g/mol. The van der Waals surface area contributed by atoms with E-state index in [9.17, 15) is 22.4 Å². The van der Waals surface area contributed by atoms with Crippen LogP contribution in [0.25, 0.3) is 0 Å². The van der Waals surface area contributed by atoms with Crippen molar-refractivity contribution in [2.45, 2.75) is 17.4 Å². The first kappa shape index (κ1) is 21.8. The van der Waals surface area contributed by atoms with Crippen LogP contribution < -0.4 is 14.4 Å². The summed E-state index contributed by atoms with van der Waals surface area (Å²) in [4.78, 5) is 28.5. The fraction of sp³-hybridized carbons (Fsp3) is 0.364. The van der Waals surface area contributed by atoms with E-state index in [1.54, 1.807) is 6.07 Å². The standard InChI is InChI=1S/C22H22FN3O6S/c23-15-1-3-16(4-2-15)26-21(27)14-18(22(26)28)24-7-9-25(10-8-24)33(29,30)17-5-6-19-20(13-17)32-12-11-31-19/h1-6,13,18H,7-12,14H2. The second-order valence-electron chi connectivity index (χ2n) is 8.01. The molecule has 1 atom stereocenters. The Labute approximate surface area is 190 Å². The Kier molecular flexibility index (Phi) is 5.55. The summed E-state index contributed by atoms with van der Waals surface area (Å²) in [6.07, 6.45) is 0.00508. The number of piperazine rings is 1. The van der Waals surface area contributed by atoms with Crippen LogP contribution in [-0.2, 0) is 19.6 Å². The first-order valence-corrected chi connectivity index (χ1v) is 12.0. The van der Waals surface area contributed by atoms with Crippen LogP contribution in [0.15, 0.2) is 47.4 Å². The lowest BCUT2D eigenvalue weighted by Crippen LogP contribution is -2.53. The fourth-order valence-electron chi connectivity index (χ4n) is 4.35. The van der Waals surface area contributed by atoms with E-state index in [0.717, 1.165) is 4.90 Å². The zero-order valence-corrected chi connectivity index (χ0v) is 18.5. The molecular formula is C22H22FN3O6S. The SMILES string of the molecule is O=C1CC(N2CCN(S(=O)(=O)c3ccc4c(c3)OCCO4)CC2)C(=O)N1c1ccc(F)cc1. The number of nitrogens with zero attached hydrogens (tertiary/aromatic N) is 3. The van der Waals surface area contributed by atoms with Crippen LogP contribution in [0.4, 0.5) is 10.1 Å².